The molecule has 0 radical (unpaired) electrons. The molecular weight excluding hydrogens is 380 g/mol. The summed E-state index contributed by atoms with van der Waals surface area (Å²) in [6.07, 6.45) is 7.81. The van der Waals surface area contributed by atoms with Crippen LogP contribution in [0.15, 0.2) is 48.5 Å². The van der Waals surface area contributed by atoms with E-state index in [0.29, 0.717) is 35.8 Å². The minimum absolute atomic E-state index is 0.302. The lowest BCUT2D eigenvalue weighted by Crippen LogP contribution is -2.12. The molecule has 5 nitrogen and oxygen atoms in total. The summed E-state index contributed by atoms with van der Waals surface area (Å²) in [6.45, 7) is 5.61. The Kier molecular flexibility index (Phi) is 10.5. The molecule has 0 aromatic heterocycles. The predicted molar refractivity (Wildman–Crippen MR) is 117 cm³/mol. The van der Waals surface area contributed by atoms with Crippen LogP contribution in [0.1, 0.15) is 79.5 Å². The Morgan fingerprint density at radius 2 is 1.00 bits per heavy atom. The Morgan fingerprint density at radius 1 is 0.600 bits per heavy atom. The first-order valence-electron chi connectivity index (χ1n) is 10.9. The van der Waals surface area contributed by atoms with E-state index in [-0.39, 0.29) is 0 Å². The Morgan fingerprint density at radius 3 is 1.43 bits per heavy atom. The number of esters is 2. The molecule has 30 heavy (non-hydrogen) atoms. The van der Waals surface area contributed by atoms with Gasteiger partial charge >= 0.3 is 11.9 Å². The van der Waals surface area contributed by atoms with Crippen molar-refractivity contribution in [2.45, 2.75) is 58.8 Å². The van der Waals surface area contributed by atoms with Crippen LogP contribution in [-0.4, -0.2) is 25.2 Å². The number of ether oxygens (including phenoxy) is 3. The molecule has 162 valence electrons. The highest BCUT2D eigenvalue weighted by Crippen LogP contribution is 2.16. The monoisotopic (exact) mass is 412 g/mol. The minimum atomic E-state index is -0.686. The van der Waals surface area contributed by atoms with E-state index in [4.69, 9.17) is 14.2 Å². The van der Waals surface area contributed by atoms with Crippen LogP contribution < -0.4 is 9.47 Å². The van der Waals surface area contributed by atoms with E-state index in [1.807, 2.05) is 0 Å². The Balaban J connectivity index is 1.79. The summed E-state index contributed by atoms with van der Waals surface area (Å²) >= 11 is 0. The molecule has 0 spiro atoms. The fraction of sp³-hybridized carbons (Fsp3) is 0.440. The summed E-state index contributed by atoms with van der Waals surface area (Å²) in [4.78, 5) is 24.5. The van der Waals surface area contributed by atoms with Gasteiger partial charge in [0.15, 0.2) is 0 Å². The average molecular weight is 413 g/mol. The van der Waals surface area contributed by atoms with Crippen molar-refractivity contribution in [3.05, 3.63) is 59.7 Å². The summed E-state index contributed by atoms with van der Waals surface area (Å²) < 4.78 is 16.3. The van der Waals surface area contributed by atoms with Gasteiger partial charge in [-0.1, -0.05) is 46.0 Å². The van der Waals surface area contributed by atoms with Gasteiger partial charge in [-0.25, -0.2) is 9.59 Å². The zero-order valence-corrected chi connectivity index (χ0v) is 18.0. The van der Waals surface area contributed by atoms with Gasteiger partial charge in [0, 0.05) is 0 Å². The highest BCUT2D eigenvalue weighted by Gasteiger charge is 2.15. The van der Waals surface area contributed by atoms with E-state index < -0.39 is 11.9 Å². The molecule has 0 aliphatic rings. The van der Waals surface area contributed by atoms with Gasteiger partial charge in [0.25, 0.3) is 0 Å². The van der Waals surface area contributed by atoms with Crippen molar-refractivity contribution in [1.82, 2.24) is 0 Å². The van der Waals surface area contributed by atoms with E-state index in [1.165, 1.54) is 12.8 Å². The first kappa shape index (κ1) is 23.5. The Bertz CT molecular complexity index is 765. The van der Waals surface area contributed by atoms with E-state index in [2.05, 4.69) is 13.8 Å². The van der Waals surface area contributed by atoms with Crippen LogP contribution in [0.4, 0.5) is 0 Å². The molecule has 5 heteroatoms. The summed E-state index contributed by atoms with van der Waals surface area (Å²) in [5.41, 5.74) is 0.605. The van der Waals surface area contributed by atoms with Crippen LogP contribution in [0, 0.1) is 0 Å². The maximum absolute atomic E-state index is 12.2. The lowest BCUT2D eigenvalue weighted by molar-refractivity contribution is 0.0398. The predicted octanol–water partition coefficient (Wildman–Crippen LogP) is 6.21. The number of carbonyl (C=O) groups excluding carboxylic acids is 2. The second-order valence-electron chi connectivity index (χ2n) is 7.19. The summed E-state index contributed by atoms with van der Waals surface area (Å²) in [5, 5.41) is 0. The average Bonchev–Trinajstić information content (AvgIpc) is 2.77. The molecule has 0 aliphatic heterocycles. The molecule has 0 saturated carbocycles. The van der Waals surface area contributed by atoms with Crippen molar-refractivity contribution in [1.29, 1.82) is 0 Å². The molecule has 0 aliphatic carbocycles. The molecule has 0 unspecified atom stereocenters. The highest BCUT2D eigenvalue weighted by atomic mass is 16.6. The molecule has 0 N–H and O–H groups in total. The first-order valence-corrected chi connectivity index (χ1v) is 10.9. The molecule has 0 amide bonds. The molecule has 2 aromatic carbocycles. The van der Waals surface area contributed by atoms with Gasteiger partial charge in [0.1, 0.15) is 11.5 Å². The molecule has 2 aromatic rings. The number of benzene rings is 2. The molecule has 2 rings (SSSR count). The van der Waals surface area contributed by atoms with Crippen LogP contribution >= 0.6 is 0 Å². The normalized spacial score (nSPS) is 10.5. The van der Waals surface area contributed by atoms with Gasteiger partial charge in [-0.2, -0.15) is 0 Å². The molecule has 0 saturated heterocycles. The zero-order valence-electron chi connectivity index (χ0n) is 18.0. The Hall–Kier alpha value is -2.82. The van der Waals surface area contributed by atoms with Gasteiger partial charge in [-0.3, -0.25) is 0 Å². The van der Waals surface area contributed by atoms with Crippen LogP contribution in [0.25, 0.3) is 0 Å². The zero-order chi connectivity index (χ0) is 21.6. The van der Waals surface area contributed by atoms with E-state index in [1.54, 1.807) is 48.5 Å². The van der Waals surface area contributed by atoms with Gasteiger partial charge in [0.05, 0.1) is 24.3 Å². The lowest BCUT2D eigenvalue weighted by Gasteiger charge is -2.08. The molecular formula is C25H32O5. The number of carbonyl (C=O) groups is 2. The second kappa shape index (κ2) is 13.4. The number of hydrogen-bond acceptors (Lipinski definition) is 5. The number of hydrogen-bond donors (Lipinski definition) is 0. The van der Waals surface area contributed by atoms with Gasteiger partial charge in [0.2, 0.25) is 0 Å². The SMILES string of the molecule is CCCCCCOc1ccc(C(=O)OC(=O)c2ccc(OCCCCC)cc2)cc1. The smallest absolute Gasteiger partial charge is 0.346 e. The van der Waals surface area contributed by atoms with Crippen LogP contribution in [0.2, 0.25) is 0 Å². The minimum Gasteiger partial charge on any atom is -0.494 e. The van der Waals surface area contributed by atoms with Gasteiger partial charge in [-0.05, 0) is 61.4 Å². The number of unbranched alkanes of at least 4 members (excludes halogenated alkanes) is 5. The molecule has 0 fully saturated rings. The molecule has 0 heterocycles. The lowest BCUT2D eigenvalue weighted by atomic mass is 10.2. The van der Waals surface area contributed by atoms with Gasteiger partial charge in [-0.15, -0.1) is 0 Å². The summed E-state index contributed by atoms with van der Waals surface area (Å²) in [7, 11) is 0. The quantitative estimate of drug-likeness (QED) is 0.222. The summed E-state index contributed by atoms with van der Waals surface area (Å²) in [5.74, 6) is 0.0198. The van der Waals surface area contributed by atoms with Crippen molar-refractivity contribution < 1.29 is 23.8 Å². The fourth-order valence-corrected chi connectivity index (χ4v) is 2.84. The molecule has 0 bridgehead atoms. The van der Waals surface area contributed by atoms with Crippen molar-refractivity contribution >= 4 is 11.9 Å². The summed E-state index contributed by atoms with van der Waals surface area (Å²) in [6, 6.07) is 13.2. The van der Waals surface area contributed by atoms with Crippen LogP contribution in [0.5, 0.6) is 11.5 Å². The third-order valence-corrected chi connectivity index (χ3v) is 4.65. The third-order valence-electron chi connectivity index (χ3n) is 4.65. The van der Waals surface area contributed by atoms with Crippen molar-refractivity contribution in [2.24, 2.45) is 0 Å². The van der Waals surface area contributed by atoms with Crippen molar-refractivity contribution in [3.63, 3.8) is 0 Å². The maximum atomic E-state index is 12.2. The van der Waals surface area contributed by atoms with E-state index in [9.17, 15) is 9.59 Å². The number of rotatable bonds is 13. The van der Waals surface area contributed by atoms with E-state index in [0.717, 1.165) is 32.1 Å². The van der Waals surface area contributed by atoms with Crippen molar-refractivity contribution in [3.8, 4) is 11.5 Å². The van der Waals surface area contributed by atoms with Crippen LogP contribution in [-0.2, 0) is 4.74 Å². The second-order valence-corrected chi connectivity index (χ2v) is 7.19. The fourth-order valence-electron chi connectivity index (χ4n) is 2.84. The first-order chi connectivity index (χ1) is 14.6. The van der Waals surface area contributed by atoms with Gasteiger partial charge < -0.3 is 14.2 Å². The van der Waals surface area contributed by atoms with Crippen LogP contribution in [0.3, 0.4) is 0 Å². The maximum Gasteiger partial charge on any atom is 0.346 e. The Labute approximate surface area is 179 Å². The van der Waals surface area contributed by atoms with Crippen molar-refractivity contribution in [2.75, 3.05) is 13.2 Å². The molecule has 0 atom stereocenters. The topological polar surface area (TPSA) is 61.8 Å². The highest BCUT2D eigenvalue weighted by molar-refractivity contribution is 6.02. The largest absolute Gasteiger partial charge is 0.494 e. The van der Waals surface area contributed by atoms with E-state index >= 15 is 0 Å². The standard InChI is InChI=1S/C25H32O5/c1-3-5-7-9-19-29-23-16-12-21(13-17-23)25(27)30-24(26)20-10-14-22(15-11-20)28-18-8-6-4-2/h10-17H,3-9,18-19H2,1-2H3. The third kappa shape index (κ3) is 8.27.